The molecule has 0 bridgehead atoms. The smallest absolute Gasteiger partial charge is 0.472 e. The van der Waals surface area contributed by atoms with E-state index >= 15 is 0 Å². The fraction of sp³-hybridized carbons (Fsp3) is 0.880. The summed E-state index contributed by atoms with van der Waals surface area (Å²) in [6, 6.07) is -1.53. The van der Waals surface area contributed by atoms with Crippen LogP contribution < -0.4 is 5.32 Å². The Balaban J connectivity index is 4.02. The van der Waals surface area contributed by atoms with Crippen LogP contribution in [-0.2, 0) is 32.7 Å². The molecule has 4 N–H and O–H groups in total. The molecule has 0 aliphatic carbocycles. The first kappa shape index (κ1) is 35.5. The third kappa shape index (κ3) is 22.2. The summed E-state index contributed by atoms with van der Waals surface area (Å²) >= 11 is 0. The summed E-state index contributed by atoms with van der Waals surface area (Å²) in [5, 5.41) is 21.3. The van der Waals surface area contributed by atoms with E-state index < -0.39 is 57.6 Å². The molecule has 0 rings (SSSR count). The highest BCUT2D eigenvalue weighted by molar-refractivity contribution is 7.47. The molecule has 0 aromatic rings. The van der Waals surface area contributed by atoms with E-state index in [1.165, 1.54) is 38.5 Å². The number of aliphatic carboxylic acids is 1. The van der Waals surface area contributed by atoms with Crippen LogP contribution in [0.5, 0.6) is 0 Å². The SMILES string of the molecule is CCCCCCCCCCCCC(=O)OCC(O)COP(=O)(O)OCC(NC(=O)CCCCC)C(=O)O. The monoisotopic (exact) mass is 553 g/mol. The number of carboxylic acids is 1. The van der Waals surface area contributed by atoms with Crippen LogP contribution in [0.3, 0.4) is 0 Å². The first-order valence-corrected chi connectivity index (χ1v) is 15.1. The van der Waals surface area contributed by atoms with Crippen molar-refractivity contribution in [2.24, 2.45) is 0 Å². The summed E-state index contributed by atoms with van der Waals surface area (Å²) in [7, 11) is -4.71. The maximum Gasteiger partial charge on any atom is 0.472 e. The minimum atomic E-state index is -4.71. The molecule has 37 heavy (non-hydrogen) atoms. The molecule has 0 aliphatic rings. The van der Waals surface area contributed by atoms with Crippen molar-refractivity contribution in [2.45, 2.75) is 122 Å². The number of carboxylic acid groups (broad SMARTS) is 1. The van der Waals surface area contributed by atoms with E-state index in [-0.39, 0.29) is 12.8 Å². The van der Waals surface area contributed by atoms with Crippen LogP contribution >= 0.6 is 7.82 Å². The first-order valence-electron chi connectivity index (χ1n) is 13.6. The fourth-order valence-electron chi connectivity index (χ4n) is 3.43. The topological polar surface area (TPSA) is 169 Å². The van der Waals surface area contributed by atoms with Gasteiger partial charge >= 0.3 is 19.8 Å². The Morgan fingerprint density at radius 2 is 1.24 bits per heavy atom. The number of carbonyl (C=O) groups excluding carboxylic acids is 2. The number of nitrogens with one attached hydrogen (secondary N) is 1. The zero-order valence-corrected chi connectivity index (χ0v) is 23.4. The fourth-order valence-corrected chi connectivity index (χ4v) is 4.20. The van der Waals surface area contributed by atoms with Gasteiger partial charge in [0.25, 0.3) is 0 Å². The maximum absolute atomic E-state index is 12.0. The Labute approximate surface area is 221 Å². The second-order valence-corrected chi connectivity index (χ2v) is 10.7. The number of aliphatic hydroxyl groups is 1. The number of carbonyl (C=O) groups is 3. The lowest BCUT2D eigenvalue weighted by molar-refractivity contribution is -0.147. The van der Waals surface area contributed by atoms with Crippen molar-refractivity contribution >= 4 is 25.7 Å². The van der Waals surface area contributed by atoms with Gasteiger partial charge in [0.1, 0.15) is 12.7 Å². The highest BCUT2D eigenvalue weighted by Crippen LogP contribution is 2.43. The summed E-state index contributed by atoms with van der Waals surface area (Å²) in [6.07, 6.45) is 12.7. The molecule has 0 radical (unpaired) electrons. The molecule has 1 amide bonds. The van der Waals surface area contributed by atoms with Crippen molar-refractivity contribution in [1.29, 1.82) is 0 Å². The van der Waals surface area contributed by atoms with Gasteiger partial charge in [0.05, 0.1) is 13.2 Å². The lowest BCUT2D eigenvalue weighted by atomic mass is 10.1. The average molecular weight is 554 g/mol. The largest absolute Gasteiger partial charge is 0.480 e. The molecule has 12 heteroatoms. The van der Waals surface area contributed by atoms with Gasteiger partial charge < -0.3 is 25.2 Å². The van der Waals surface area contributed by atoms with Gasteiger partial charge in [-0.25, -0.2) is 9.36 Å². The summed E-state index contributed by atoms with van der Waals surface area (Å²) in [5.74, 6) is -2.41. The van der Waals surface area contributed by atoms with Crippen molar-refractivity contribution in [2.75, 3.05) is 19.8 Å². The van der Waals surface area contributed by atoms with Gasteiger partial charge in [-0.3, -0.25) is 18.6 Å². The van der Waals surface area contributed by atoms with Gasteiger partial charge in [0.2, 0.25) is 5.91 Å². The van der Waals surface area contributed by atoms with Crippen molar-refractivity contribution in [1.82, 2.24) is 5.32 Å². The van der Waals surface area contributed by atoms with Crippen LogP contribution in [0.25, 0.3) is 0 Å². The van der Waals surface area contributed by atoms with Crippen LogP contribution in [0, 0.1) is 0 Å². The van der Waals surface area contributed by atoms with E-state index in [1.807, 2.05) is 6.92 Å². The van der Waals surface area contributed by atoms with Crippen LogP contribution in [0.2, 0.25) is 0 Å². The third-order valence-electron chi connectivity index (χ3n) is 5.65. The van der Waals surface area contributed by atoms with Crippen LogP contribution in [-0.4, -0.2) is 64.9 Å². The predicted molar refractivity (Wildman–Crippen MR) is 139 cm³/mol. The van der Waals surface area contributed by atoms with Gasteiger partial charge in [-0.2, -0.15) is 0 Å². The highest BCUT2D eigenvalue weighted by atomic mass is 31.2. The van der Waals surface area contributed by atoms with Crippen molar-refractivity contribution in [3.8, 4) is 0 Å². The molecule has 0 saturated carbocycles. The Kier molecular flexibility index (Phi) is 21.5. The van der Waals surface area contributed by atoms with Crippen LogP contribution in [0.1, 0.15) is 110 Å². The average Bonchev–Trinajstić information content (AvgIpc) is 2.85. The minimum absolute atomic E-state index is 0.134. The quantitative estimate of drug-likeness (QED) is 0.0718. The lowest BCUT2D eigenvalue weighted by Gasteiger charge is -2.18. The molecular weight excluding hydrogens is 505 g/mol. The summed E-state index contributed by atoms with van der Waals surface area (Å²) in [5.41, 5.74) is 0. The van der Waals surface area contributed by atoms with E-state index in [2.05, 4.69) is 21.3 Å². The standard InChI is InChI=1S/C25H48NO10P/c1-3-5-7-8-9-10-11-12-13-15-17-24(29)34-18-21(27)19-35-37(32,33)36-20-22(25(30)31)26-23(28)16-14-6-4-2/h21-22,27H,3-20H2,1-2H3,(H,26,28)(H,30,31)(H,32,33). The number of rotatable bonds is 25. The number of ether oxygens (including phenoxy) is 1. The maximum atomic E-state index is 12.0. The molecule has 3 atom stereocenters. The molecule has 0 aromatic carbocycles. The zero-order chi connectivity index (χ0) is 27.9. The first-order chi connectivity index (χ1) is 17.6. The number of amides is 1. The Hall–Kier alpha value is -1.52. The molecule has 218 valence electrons. The molecule has 0 saturated heterocycles. The molecule has 0 aliphatic heterocycles. The molecule has 11 nitrogen and oxygen atoms in total. The molecular formula is C25H48NO10P. The summed E-state index contributed by atoms with van der Waals surface area (Å²) in [4.78, 5) is 44.6. The molecule has 0 spiro atoms. The van der Waals surface area contributed by atoms with Gasteiger partial charge in [0, 0.05) is 12.8 Å². The van der Waals surface area contributed by atoms with E-state index in [0.717, 1.165) is 32.1 Å². The number of aliphatic hydroxyl groups excluding tert-OH is 1. The lowest BCUT2D eigenvalue weighted by Crippen LogP contribution is -2.43. The Morgan fingerprint density at radius 1 is 0.757 bits per heavy atom. The second-order valence-electron chi connectivity index (χ2n) is 9.24. The highest BCUT2D eigenvalue weighted by Gasteiger charge is 2.28. The van der Waals surface area contributed by atoms with E-state index in [4.69, 9.17) is 4.74 Å². The molecule has 0 heterocycles. The third-order valence-corrected chi connectivity index (χ3v) is 6.60. The number of phosphoric ester groups is 1. The van der Waals surface area contributed by atoms with Crippen molar-refractivity contribution < 1.29 is 47.8 Å². The zero-order valence-electron chi connectivity index (χ0n) is 22.5. The van der Waals surface area contributed by atoms with Gasteiger partial charge in [-0.1, -0.05) is 84.5 Å². The van der Waals surface area contributed by atoms with Gasteiger partial charge in [-0.15, -0.1) is 0 Å². The second kappa shape index (κ2) is 22.5. The van der Waals surface area contributed by atoms with Crippen LogP contribution in [0.4, 0.5) is 0 Å². The Morgan fingerprint density at radius 3 is 1.81 bits per heavy atom. The number of hydrogen-bond acceptors (Lipinski definition) is 8. The van der Waals surface area contributed by atoms with Crippen LogP contribution in [0.15, 0.2) is 0 Å². The Bertz CT molecular complexity index is 676. The van der Waals surface area contributed by atoms with Crippen molar-refractivity contribution in [3.05, 3.63) is 0 Å². The molecule has 0 aromatic heterocycles. The summed E-state index contributed by atoms with van der Waals surface area (Å²) < 4.78 is 26.2. The minimum Gasteiger partial charge on any atom is -0.480 e. The van der Waals surface area contributed by atoms with E-state index in [0.29, 0.717) is 12.8 Å². The predicted octanol–water partition coefficient (Wildman–Crippen LogP) is 4.48. The molecule has 0 fully saturated rings. The van der Waals surface area contributed by atoms with Crippen molar-refractivity contribution in [3.63, 3.8) is 0 Å². The normalized spacial score (nSPS) is 14.5. The number of unbranched alkanes of at least 4 members (excludes halogenated alkanes) is 11. The van der Waals surface area contributed by atoms with Gasteiger partial charge in [-0.05, 0) is 12.8 Å². The van der Waals surface area contributed by atoms with E-state index in [1.54, 1.807) is 0 Å². The number of phosphoric acid groups is 1. The summed E-state index contributed by atoms with van der Waals surface area (Å²) in [6.45, 7) is 2.28. The number of esters is 1. The number of hydrogen-bond donors (Lipinski definition) is 4. The molecule has 3 unspecified atom stereocenters. The van der Waals surface area contributed by atoms with Gasteiger partial charge in [0.15, 0.2) is 6.04 Å². The van der Waals surface area contributed by atoms with E-state index in [9.17, 15) is 34.1 Å².